The zero-order valence-corrected chi connectivity index (χ0v) is 15.8. The first kappa shape index (κ1) is 16.9. The van der Waals surface area contributed by atoms with Crippen molar-refractivity contribution in [2.24, 2.45) is 23.2 Å². The molecule has 4 saturated carbocycles. The lowest BCUT2D eigenvalue weighted by molar-refractivity contribution is -0.124. The maximum absolute atomic E-state index is 12.7. The van der Waals surface area contributed by atoms with E-state index in [1.54, 1.807) is 0 Å². The quantitative estimate of drug-likeness (QED) is 0.783. The van der Waals surface area contributed by atoms with Crippen LogP contribution in [-0.4, -0.2) is 19.0 Å². The van der Waals surface area contributed by atoms with Gasteiger partial charge in [0.15, 0.2) is 0 Å². The molecule has 1 N–H and O–H groups in total. The number of carbonyl (C=O) groups excluding carboxylic acids is 1. The van der Waals surface area contributed by atoms with Crippen LogP contribution >= 0.6 is 0 Å². The van der Waals surface area contributed by atoms with Crippen molar-refractivity contribution in [1.82, 2.24) is 0 Å². The number of anilines is 2. The average molecular weight is 341 g/mol. The monoisotopic (exact) mass is 340 g/mol. The van der Waals surface area contributed by atoms with Crippen LogP contribution in [0.15, 0.2) is 24.3 Å². The van der Waals surface area contributed by atoms with Crippen LogP contribution in [0.4, 0.5) is 11.4 Å². The van der Waals surface area contributed by atoms with Crippen LogP contribution in [0.25, 0.3) is 0 Å². The number of carbonyl (C=O) groups is 1. The summed E-state index contributed by atoms with van der Waals surface area (Å²) in [7, 11) is 0. The predicted octanol–water partition coefficient (Wildman–Crippen LogP) is 5.08. The molecule has 4 bridgehead atoms. The molecule has 0 heterocycles. The van der Waals surface area contributed by atoms with E-state index in [0.717, 1.165) is 43.0 Å². The highest BCUT2D eigenvalue weighted by atomic mass is 16.1. The van der Waals surface area contributed by atoms with Gasteiger partial charge in [-0.3, -0.25) is 4.79 Å². The van der Waals surface area contributed by atoms with Gasteiger partial charge in [-0.1, -0.05) is 0 Å². The van der Waals surface area contributed by atoms with Crippen molar-refractivity contribution in [1.29, 1.82) is 0 Å². The fourth-order valence-electron chi connectivity index (χ4n) is 6.40. The molecule has 0 radical (unpaired) electrons. The summed E-state index contributed by atoms with van der Waals surface area (Å²) in [4.78, 5) is 15.0. The molecule has 3 nitrogen and oxygen atoms in total. The Balaban J connectivity index is 1.38. The van der Waals surface area contributed by atoms with E-state index in [-0.39, 0.29) is 5.91 Å². The van der Waals surface area contributed by atoms with Crippen molar-refractivity contribution in [2.45, 2.75) is 58.8 Å². The van der Waals surface area contributed by atoms with Crippen molar-refractivity contribution < 1.29 is 4.79 Å². The number of nitrogens with zero attached hydrogens (tertiary/aromatic N) is 1. The largest absolute Gasteiger partial charge is 0.372 e. The lowest BCUT2D eigenvalue weighted by Gasteiger charge is -2.56. The Bertz CT molecular complexity index is 582. The van der Waals surface area contributed by atoms with E-state index in [2.05, 4.69) is 36.2 Å². The van der Waals surface area contributed by atoms with Crippen LogP contribution < -0.4 is 10.2 Å². The van der Waals surface area contributed by atoms with E-state index in [1.807, 2.05) is 12.1 Å². The van der Waals surface area contributed by atoms with Crippen molar-refractivity contribution in [2.75, 3.05) is 23.3 Å². The molecule has 136 valence electrons. The number of rotatable bonds is 6. The minimum Gasteiger partial charge on any atom is -0.372 e. The molecule has 0 saturated heterocycles. The van der Waals surface area contributed by atoms with Gasteiger partial charge in [0.1, 0.15) is 0 Å². The SMILES string of the molecule is CCN(CC)c1ccc(NC(=O)CC23CC4CC(CC(C4)C2)C3)cc1. The summed E-state index contributed by atoms with van der Waals surface area (Å²) in [6.07, 6.45) is 8.94. The topological polar surface area (TPSA) is 32.3 Å². The van der Waals surface area contributed by atoms with E-state index in [4.69, 9.17) is 0 Å². The molecule has 1 aromatic rings. The van der Waals surface area contributed by atoms with Crippen LogP contribution in [0.5, 0.6) is 0 Å². The third kappa shape index (κ3) is 3.43. The van der Waals surface area contributed by atoms with Crippen LogP contribution in [0, 0.1) is 23.2 Å². The minimum absolute atomic E-state index is 0.220. The summed E-state index contributed by atoms with van der Waals surface area (Å²) in [6, 6.07) is 8.33. The van der Waals surface area contributed by atoms with Gasteiger partial charge in [-0.15, -0.1) is 0 Å². The van der Waals surface area contributed by atoms with Crippen molar-refractivity contribution in [3.8, 4) is 0 Å². The molecule has 0 aliphatic heterocycles. The smallest absolute Gasteiger partial charge is 0.224 e. The zero-order chi connectivity index (χ0) is 17.4. The maximum Gasteiger partial charge on any atom is 0.224 e. The van der Waals surface area contributed by atoms with Crippen molar-refractivity contribution in [3.63, 3.8) is 0 Å². The van der Waals surface area contributed by atoms with Crippen LogP contribution in [-0.2, 0) is 4.79 Å². The summed E-state index contributed by atoms with van der Waals surface area (Å²) >= 11 is 0. The summed E-state index contributed by atoms with van der Waals surface area (Å²) in [5.74, 6) is 2.95. The Kier molecular flexibility index (Phi) is 4.51. The fourth-order valence-corrected chi connectivity index (χ4v) is 6.40. The molecule has 1 aromatic carbocycles. The highest BCUT2D eigenvalue weighted by molar-refractivity contribution is 5.91. The van der Waals surface area contributed by atoms with Gasteiger partial charge < -0.3 is 10.2 Å². The van der Waals surface area contributed by atoms with Crippen LogP contribution in [0.3, 0.4) is 0 Å². The van der Waals surface area contributed by atoms with Crippen LogP contribution in [0.1, 0.15) is 58.8 Å². The highest BCUT2D eigenvalue weighted by Crippen LogP contribution is 2.61. The van der Waals surface area contributed by atoms with Gasteiger partial charge in [-0.25, -0.2) is 0 Å². The molecule has 4 aliphatic rings. The normalized spacial score (nSPS) is 32.6. The molecule has 0 atom stereocenters. The second-order valence-corrected chi connectivity index (χ2v) is 8.86. The number of hydrogen-bond acceptors (Lipinski definition) is 2. The molecule has 5 rings (SSSR count). The van der Waals surface area contributed by atoms with Crippen molar-refractivity contribution >= 4 is 17.3 Å². The first-order chi connectivity index (χ1) is 12.1. The lowest BCUT2D eigenvalue weighted by Crippen LogP contribution is -2.47. The predicted molar refractivity (Wildman–Crippen MR) is 104 cm³/mol. The van der Waals surface area contributed by atoms with Gasteiger partial charge in [-0.05, 0) is 99.8 Å². The molecule has 25 heavy (non-hydrogen) atoms. The lowest BCUT2D eigenvalue weighted by atomic mass is 9.49. The van der Waals surface area contributed by atoms with E-state index < -0.39 is 0 Å². The van der Waals surface area contributed by atoms with Gasteiger partial charge in [-0.2, -0.15) is 0 Å². The number of amides is 1. The Labute approximate surface area is 152 Å². The molecule has 0 spiro atoms. The van der Waals surface area contributed by atoms with E-state index in [9.17, 15) is 4.79 Å². The Morgan fingerprint density at radius 2 is 1.52 bits per heavy atom. The van der Waals surface area contributed by atoms with E-state index in [0.29, 0.717) is 5.41 Å². The Morgan fingerprint density at radius 1 is 1.00 bits per heavy atom. The summed E-state index contributed by atoms with van der Waals surface area (Å²) in [5.41, 5.74) is 2.48. The maximum atomic E-state index is 12.7. The minimum atomic E-state index is 0.220. The Hall–Kier alpha value is -1.51. The standard InChI is InChI=1S/C22H32N2O/c1-3-24(4-2)20-7-5-19(6-8-20)23-21(25)15-22-12-16-9-17(13-22)11-18(10-16)14-22/h5-8,16-18H,3-4,9-15H2,1-2H3,(H,23,25). The molecule has 1 amide bonds. The first-order valence-corrected chi connectivity index (χ1v) is 10.2. The Morgan fingerprint density at radius 3 is 2.00 bits per heavy atom. The van der Waals surface area contributed by atoms with Gasteiger partial charge in [0.2, 0.25) is 5.91 Å². The van der Waals surface area contributed by atoms with E-state index >= 15 is 0 Å². The summed E-state index contributed by atoms with van der Waals surface area (Å²) in [5, 5.41) is 3.16. The summed E-state index contributed by atoms with van der Waals surface area (Å²) in [6.45, 7) is 6.36. The first-order valence-electron chi connectivity index (χ1n) is 10.2. The fraction of sp³-hybridized carbons (Fsp3) is 0.682. The molecular formula is C22H32N2O. The number of benzene rings is 1. The second kappa shape index (κ2) is 6.66. The highest BCUT2D eigenvalue weighted by Gasteiger charge is 2.51. The third-order valence-corrected chi connectivity index (χ3v) is 6.98. The zero-order valence-electron chi connectivity index (χ0n) is 15.8. The third-order valence-electron chi connectivity index (χ3n) is 6.98. The number of nitrogens with one attached hydrogen (secondary N) is 1. The van der Waals surface area contributed by atoms with Gasteiger partial charge in [0.05, 0.1) is 0 Å². The number of hydrogen-bond donors (Lipinski definition) is 1. The molecule has 4 aliphatic carbocycles. The van der Waals surface area contributed by atoms with Crippen LogP contribution in [0.2, 0.25) is 0 Å². The van der Waals surface area contributed by atoms with Gasteiger partial charge >= 0.3 is 0 Å². The van der Waals surface area contributed by atoms with E-state index in [1.165, 1.54) is 44.2 Å². The second-order valence-electron chi connectivity index (χ2n) is 8.86. The molecule has 0 aromatic heterocycles. The molecule has 0 unspecified atom stereocenters. The molecular weight excluding hydrogens is 308 g/mol. The molecule has 3 heteroatoms. The molecule has 4 fully saturated rings. The van der Waals surface area contributed by atoms with Crippen molar-refractivity contribution in [3.05, 3.63) is 24.3 Å². The van der Waals surface area contributed by atoms with Gasteiger partial charge in [0.25, 0.3) is 0 Å². The summed E-state index contributed by atoms with van der Waals surface area (Å²) < 4.78 is 0. The van der Waals surface area contributed by atoms with Gasteiger partial charge in [0, 0.05) is 30.9 Å². The average Bonchev–Trinajstić information content (AvgIpc) is 2.55.